The first kappa shape index (κ1) is 12.8. The predicted octanol–water partition coefficient (Wildman–Crippen LogP) is 3.05. The molecule has 2 nitrogen and oxygen atoms in total. The van der Waals surface area contributed by atoms with Crippen molar-refractivity contribution in [3.63, 3.8) is 0 Å². The Bertz CT molecular complexity index is 359. The highest BCUT2D eigenvalue weighted by molar-refractivity contribution is 8.13. The molecule has 0 fully saturated rings. The van der Waals surface area contributed by atoms with Crippen molar-refractivity contribution in [2.75, 3.05) is 24.2 Å². The van der Waals surface area contributed by atoms with E-state index >= 15 is 0 Å². The van der Waals surface area contributed by atoms with Crippen molar-refractivity contribution >= 4 is 28.6 Å². The molecule has 0 aliphatic heterocycles. The van der Waals surface area contributed by atoms with Gasteiger partial charge in [0.15, 0.2) is 5.12 Å². The predicted molar refractivity (Wildman–Crippen MR) is 72.9 cm³/mol. The number of nitrogens with zero attached hydrogens (tertiary/aromatic N) is 1. The van der Waals surface area contributed by atoms with Crippen molar-refractivity contribution in [3.8, 4) is 0 Å². The smallest absolute Gasteiger partial charge is 0.185 e. The molecule has 0 radical (unpaired) electrons. The summed E-state index contributed by atoms with van der Waals surface area (Å²) in [5, 5.41) is 0.176. The summed E-state index contributed by atoms with van der Waals surface area (Å²) >= 11 is 1.37. The second kappa shape index (κ2) is 6.38. The largest absolute Gasteiger partial charge is 0.374 e. The van der Waals surface area contributed by atoms with E-state index in [1.807, 2.05) is 25.3 Å². The maximum atomic E-state index is 10.8. The Morgan fingerprint density at radius 2 is 2.06 bits per heavy atom. The van der Waals surface area contributed by atoms with E-state index in [-0.39, 0.29) is 5.12 Å². The molecule has 0 aliphatic rings. The Kier molecular flexibility index (Phi) is 5.12. The first-order valence-corrected chi connectivity index (χ1v) is 6.19. The molecule has 1 aromatic carbocycles. The van der Waals surface area contributed by atoms with Gasteiger partial charge in [0, 0.05) is 32.0 Å². The molecule has 1 rings (SSSR count). The standard InChI is InChI=1S/C13H17NOS/c1-4-12-5-7-13(8-6-12)14(3)9-10-16-11(2)15/h4-8H,1,9-10H2,2-3H3. The van der Waals surface area contributed by atoms with Gasteiger partial charge in [-0.3, -0.25) is 4.79 Å². The summed E-state index contributed by atoms with van der Waals surface area (Å²) in [5.74, 6) is 0.828. The van der Waals surface area contributed by atoms with Gasteiger partial charge in [-0.05, 0) is 17.7 Å². The average molecular weight is 235 g/mol. The van der Waals surface area contributed by atoms with Crippen molar-refractivity contribution in [3.05, 3.63) is 36.4 Å². The van der Waals surface area contributed by atoms with Gasteiger partial charge in [0.05, 0.1) is 0 Å². The van der Waals surface area contributed by atoms with E-state index in [9.17, 15) is 4.79 Å². The Hall–Kier alpha value is -1.22. The highest BCUT2D eigenvalue weighted by atomic mass is 32.2. The van der Waals surface area contributed by atoms with Crippen molar-refractivity contribution < 1.29 is 4.79 Å². The van der Waals surface area contributed by atoms with Crippen LogP contribution in [0.4, 0.5) is 5.69 Å². The SMILES string of the molecule is C=Cc1ccc(N(C)CCSC(C)=O)cc1. The van der Waals surface area contributed by atoms with E-state index in [0.717, 1.165) is 23.5 Å². The van der Waals surface area contributed by atoms with E-state index in [2.05, 4.69) is 23.6 Å². The van der Waals surface area contributed by atoms with E-state index < -0.39 is 0 Å². The van der Waals surface area contributed by atoms with Crippen LogP contribution in [-0.4, -0.2) is 24.5 Å². The minimum absolute atomic E-state index is 0.176. The highest BCUT2D eigenvalue weighted by Gasteiger charge is 2.01. The van der Waals surface area contributed by atoms with Crippen LogP contribution < -0.4 is 4.90 Å². The van der Waals surface area contributed by atoms with Crippen LogP contribution in [0.3, 0.4) is 0 Å². The summed E-state index contributed by atoms with van der Waals surface area (Å²) in [6.45, 7) is 6.19. The molecule has 0 heterocycles. The quantitative estimate of drug-likeness (QED) is 0.782. The van der Waals surface area contributed by atoms with Crippen LogP contribution in [0.25, 0.3) is 6.08 Å². The lowest BCUT2D eigenvalue weighted by Gasteiger charge is -2.18. The number of anilines is 1. The molecule has 0 saturated carbocycles. The number of carbonyl (C=O) groups is 1. The molecular formula is C13H17NOS. The molecule has 0 spiro atoms. The van der Waals surface area contributed by atoms with Gasteiger partial charge in [0.1, 0.15) is 0 Å². The zero-order chi connectivity index (χ0) is 12.0. The minimum atomic E-state index is 0.176. The normalized spacial score (nSPS) is 9.88. The molecule has 3 heteroatoms. The van der Waals surface area contributed by atoms with Crippen molar-refractivity contribution in [2.45, 2.75) is 6.92 Å². The number of rotatable bonds is 5. The first-order chi connectivity index (χ1) is 7.63. The molecule has 0 N–H and O–H groups in total. The maximum absolute atomic E-state index is 10.8. The average Bonchev–Trinajstić information content (AvgIpc) is 2.28. The fourth-order valence-corrected chi connectivity index (χ4v) is 1.97. The maximum Gasteiger partial charge on any atom is 0.185 e. The van der Waals surface area contributed by atoms with E-state index in [0.29, 0.717) is 0 Å². The second-order valence-electron chi connectivity index (χ2n) is 3.56. The van der Waals surface area contributed by atoms with Gasteiger partial charge >= 0.3 is 0 Å². The number of hydrogen-bond donors (Lipinski definition) is 0. The third-order valence-corrected chi connectivity index (χ3v) is 3.09. The lowest BCUT2D eigenvalue weighted by atomic mass is 10.2. The van der Waals surface area contributed by atoms with Crippen LogP contribution >= 0.6 is 11.8 Å². The summed E-state index contributed by atoms with van der Waals surface area (Å²) in [7, 11) is 2.03. The zero-order valence-electron chi connectivity index (χ0n) is 9.77. The molecule has 0 saturated heterocycles. The second-order valence-corrected chi connectivity index (χ2v) is 4.83. The van der Waals surface area contributed by atoms with E-state index in [4.69, 9.17) is 0 Å². The van der Waals surface area contributed by atoms with Gasteiger partial charge in [-0.1, -0.05) is 36.5 Å². The van der Waals surface area contributed by atoms with Gasteiger partial charge < -0.3 is 4.90 Å². The van der Waals surface area contributed by atoms with Gasteiger partial charge in [-0.2, -0.15) is 0 Å². The van der Waals surface area contributed by atoms with Crippen molar-refractivity contribution in [2.24, 2.45) is 0 Å². The number of hydrogen-bond acceptors (Lipinski definition) is 3. The van der Waals surface area contributed by atoms with Crippen molar-refractivity contribution in [1.29, 1.82) is 0 Å². The lowest BCUT2D eigenvalue weighted by molar-refractivity contribution is -0.109. The molecule has 1 aromatic rings. The van der Waals surface area contributed by atoms with Crippen LogP contribution in [-0.2, 0) is 4.79 Å². The van der Waals surface area contributed by atoms with E-state index in [1.54, 1.807) is 6.92 Å². The summed E-state index contributed by atoms with van der Waals surface area (Å²) in [6, 6.07) is 8.21. The summed E-state index contributed by atoms with van der Waals surface area (Å²) in [6.07, 6.45) is 1.83. The molecule has 0 aromatic heterocycles. The molecule has 0 bridgehead atoms. The molecular weight excluding hydrogens is 218 g/mol. The van der Waals surface area contributed by atoms with Crippen LogP contribution in [0, 0.1) is 0 Å². The summed E-state index contributed by atoms with van der Waals surface area (Å²) < 4.78 is 0. The van der Waals surface area contributed by atoms with Crippen LogP contribution in [0.15, 0.2) is 30.8 Å². The number of thioether (sulfide) groups is 1. The Balaban J connectivity index is 2.48. The van der Waals surface area contributed by atoms with Gasteiger partial charge in [0.2, 0.25) is 0 Å². The molecule has 16 heavy (non-hydrogen) atoms. The lowest BCUT2D eigenvalue weighted by Crippen LogP contribution is -2.20. The summed E-state index contributed by atoms with van der Waals surface area (Å²) in [4.78, 5) is 12.9. The van der Waals surface area contributed by atoms with Crippen LogP contribution in [0.2, 0.25) is 0 Å². The number of benzene rings is 1. The zero-order valence-corrected chi connectivity index (χ0v) is 10.6. The van der Waals surface area contributed by atoms with E-state index in [1.165, 1.54) is 11.8 Å². The third-order valence-electron chi connectivity index (χ3n) is 2.30. The van der Waals surface area contributed by atoms with Crippen molar-refractivity contribution in [1.82, 2.24) is 0 Å². The molecule has 86 valence electrons. The molecule has 0 amide bonds. The molecule has 0 unspecified atom stereocenters. The van der Waals surface area contributed by atoms with Gasteiger partial charge in [-0.15, -0.1) is 0 Å². The first-order valence-electron chi connectivity index (χ1n) is 5.20. The fraction of sp³-hybridized carbons (Fsp3) is 0.308. The topological polar surface area (TPSA) is 20.3 Å². The summed E-state index contributed by atoms with van der Waals surface area (Å²) in [5.41, 5.74) is 2.28. The van der Waals surface area contributed by atoms with Crippen LogP contribution in [0.1, 0.15) is 12.5 Å². The Morgan fingerprint density at radius 1 is 1.44 bits per heavy atom. The van der Waals surface area contributed by atoms with Gasteiger partial charge in [0.25, 0.3) is 0 Å². The minimum Gasteiger partial charge on any atom is -0.374 e. The molecule has 0 atom stereocenters. The monoisotopic (exact) mass is 235 g/mol. The highest BCUT2D eigenvalue weighted by Crippen LogP contribution is 2.15. The Morgan fingerprint density at radius 3 is 2.56 bits per heavy atom. The number of carbonyl (C=O) groups excluding carboxylic acids is 1. The fourth-order valence-electron chi connectivity index (χ4n) is 1.32. The molecule has 0 aliphatic carbocycles. The third kappa shape index (κ3) is 4.11. The van der Waals surface area contributed by atoms with Gasteiger partial charge in [-0.25, -0.2) is 0 Å². The van der Waals surface area contributed by atoms with Crippen LogP contribution in [0.5, 0.6) is 0 Å². The Labute approximate surface area is 101 Å².